The molecular formula is C26H27FN2O4S. The number of fused-ring (bicyclic) bond motifs is 1. The molecule has 1 aliphatic rings. The molecule has 1 unspecified atom stereocenters. The molecule has 0 saturated carbocycles. The lowest BCUT2D eigenvalue weighted by atomic mass is 9.89. The van der Waals surface area contributed by atoms with Gasteiger partial charge < -0.3 is 10.1 Å². The van der Waals surface area contributed by atoms with E-state index in [2.05, 4.69) is 5.32 Å². The van der Waals surface area contributed by atoms with Gasteiger partial charge in [0, 0.05) is 12.0 Å². The quantitative estimate of drug-likeness (QED) is 0.550. The van der Waals surface area contributed by atoms with Gasteiger partial charge in [-0.25, -0.2) is 12.8 Å². The van der Waals surface area contributed by atoms with Crippen molar-refractivity contribution in [2.75, 3.05) is 10.8 Å². The Labute approximate surface area is 199 Å². The highest BCUT2D eigenvalue weighted by Crippen LogP contribution is 2.40. The minimum absolute atomic E-state index is 0.0285. The average molecular weight is 483 g/mol. The lowest BCUT2D eigenvalue weighted by Gasteiger charge is -2.38. The van der Waals surface area contributed by atoms with Crippen LogP contribution in [0.4, 0.5) is 10.1 Å². The Morgan fingerprint density at radius 2 is 1.76 bits per heavy atom. The Kier molecular flexibility index (Phi) is 6.36. The van der Waals surface area contributed by atoms with Crippen molar-refractivity contribution in [3.63, 3.8) is 0 Å². The molecule has 8 heteroatoms. The summed E-state index contributed by atoms with van der Waals surface area (Å²) in [5.74, 6) is -0.601. The normalized spacial score (nSPS) is 16.8. The minimum Gasteiger partial charge on any atom is -0.487 e. The molecule has 0 bridgehead atoms. The van der Waals surface area contributed by atoms with Crippen LogP contribution in [0.3, 0.4) is 0 Å². The van der Waals surface area contributed by atoms with E-state index in [9.17, 15) is 17.6 Å². The van der Waals surface area contributed by atoms with Gasteiger partial charge in [0.1, 0.15) is 23.7 Å². The maximum atomic E-state index is 14.7. The largest absolute Gasteiger partial charge is 0.487 e. The van der Waals surface area contributed by atoms with E-state index in [1.807, 2.05) is 39.0 Å². The van der Waals surface area contributed by atoms with Crippen molar-refractivity contribution < 1.29 is 22.3 Å². The Bertz CT molecular complexity index is 1310. The van der Waals surface area contributed by atoms with E-state index in [0.717, 1.165) is 15.4 Å². The van der Waals surface area contributed by atoms with Crippen LogP contribution in [0.1, 0.15) is 37.4 Å². The molecule has 3 aromatic rings. The van der Waals surface area contributed by atoms with Gasteiger partial charge in [-0.3, -0.25) is 9.10 Å². The average Bonchev–Trinajstić information content (AvgIpc) is 2.78. The Balaban J connectivity index is 1.66. The third-order valence-electron chi connectivity index (χ3n) is 5.70. The number of aryl methyl sites for hydroxylation is 1. The second-order valence-electron chi connectivity index (χ2n) is 9.00. The van der Waals surface area contributed by atoms with Crippen molar-refractivity contribution in [2.45, 2.75) is 43.7 Å². The molecule has 34 heavy (non-hydrogen) atoms. The summed E-state index contributed by atoms with van der Waals surface area (Å²) >= 11 is 0. The zero-order chi connectivity index (χ0) is 24.5. The van der Waals surface area contributed by atoms with Crippen molar-refractivity contribution >= 4 is 21.6 Å². The molecule has 0 aliphatic carbocycles. The van der Waals surface area contributed by atoms with Crippen molar-refractivity contribution in [1.82, 2.24) is 5.32 Å². The highest BCUT2D eigenvalue weighted by atomic mass is 32.2. The number of sulfonamides is 1. The van der Waals surface area contributed by atoms with Gasteiger partial charge in [-0.2, -0.15) is 0 Å². The number of hydrogen-bond acceptors (Lipinski definition) is 4. The maximum Gasteiger partial charge on any atom is 0.264 e. The fraction of sp³-hybridized carbons (Fsp3) is 0.269. The Morgan fingerprint density at radius 3 is 2.47 bits per heavy atom. The predicted octanol–water partition coefficient (Wildman–Crippen LogP) is 4.75. The molecule has 0 fully saturated rings. The molecule has 1 amide bonds. The van der Waals surface area contributed by atoms with Crippen LogP contribution in [0.25, 0.3) is 0 Å². The first-order valence-electron chi connectivity index (χ1n) is 11.0. The van der Waals surface area contributed by atoms with Crippen LogP contribution in [0.15, 0.2) is 77.7 Å². The standard InChI is InChI=1S/C26H27FN2O4S/c1-18-13-14-24-20(15-18)22(16-26(2,3)33-24)28-25(30)17-29(23-12-8-7-11-21(23)27)34(31,32)19-9-5-4-6-10-19/h4-15,22H,16-17H2,1-3H3,(H,28,30). The van der Waals surface area contributed by atoms with Gasteiger partial charge in [-0.05, 0) is 51.1 Å². The molecule has 0 radical (unpaired) electrons. The third-order valence-corrected chi connectivity index (χ3v) is 7.47. The van der Waals surface area contributed by atoms with E-state index >= 15 is 0 Å². The van der Waals surface area contributed by atoms with Crippen molar-refractivity contribution in [3.8, 4) is 5.75 Å². The number of amides is 1. The van der Waals surface area contributed by atoms with Crippen LogP contribution < -0.4 is 14.4 Å². The zero-order valence-electron chi connectivity index (χ0n) is 19.3. The molecule has 1 heterocycles. The van der Waals surface area contributed by atoms with E-state index in [-0.39, 0.29) is 16.6 Å². The van der Waals surface area contributed by atoms with E-state index in [0.29, 0.717) is 12.2 Å². The molecule has 178 valence electrons. The number of rotatable bonds is 6. The smallest absolute Gasteiger partial charge is 0.264 e. The van der Waals surface area contributed by atoms with Crippen LogP contribution in [0.2, 0.25) is 0 Å². The third kappa shape index (κ3) is 4.92. The summed E-state index contributed by atoms with van der Waals surface area (Å²) in [5.41, 5.74) is 1.13. The number of hydrogen-bond donors (Lipinski definition) is 1. The SMILES string of the molecule is Cc1ccc2c(c1)C(NC(=O)CN(c1ccccc1F)S(=O)(=O)c1ccccc1)CC(C)(C)O2. The lowest BCUT2D eigenvalue weighted by Crippen LogP contribution is -2.45. The highest BCUT2D eigenvalue weighted by Gasteiger charge is 2.36. The topological polar surface area (TPSA) is 75.7 Å². The summed E-state index contributed by atoms with van der Waals surface area (Å²) in [7, 11) is -4.19. The molecule has 1 N–H and O–H groups in total. The minimum atomic E-state index is -4.19. The van der Waals surface area contributed by atoms with Crippen LogP contribution in [-0.2, 0) is 14.8 Å². The van der Waals surface area contributed by atoms with E-state index in [1.165, 1.54) is 36.4 Å². The van der Waals surface area contributed by atoms with Gasteiger partial charge in [-0.1, -0.05) is 48.0 Å². The summed E-state index contributed by atoms with van der Waals surface area (Å²) in [6, 6.07) is 18.6. The van der Waals surface area contributed by atoms with Gasteiger partial charge in [0.25, 0.3) is 10.0 Å². The molecule has 0 aromatic heterocycles. The van der Waals surface area contributed by atoms with Gasteiger partial charge in [-0.15, -0.1) is 0 Å². The first kappa shape index (κ1) is 23.8. The molecule has 0 spiro atoms. The fourth-order valence-corrected chi connectivity index (χ4v) is 5.60. The molecule has 4 rings (SSSR count). The summed E-state index contributed by atoms with van der Waals surface area (Å²) in [6.45, 7) is 5.24. The van der Waals surface area contributed by atoms with Crippen molar-refractivity contribution in [2.24, 2.45) is 0 Å². The van der Waals surface area contributed by atoms with Crippen LogP contribution >= 0.6 is 0 Å². The first-order chi connectivity index (χ1) is 16.1. The van der Waals surface area contributed by atoms with Crippen LogP contribution in [0, 0.1) is 12.7 Å². The molecule has 6 nitrogen and oxygen atoms in total. The number of ether oxygens (including phenoxy) is 1. The predicted molar refractivity (Wildman–Crippen MR) is 129 cm³/mol. The van der Waals surface area contributed by atoms with Gasteiger partial charge in [0.15, 0.2) is 0 Å². The molecule has 0 saturated heterocycles. The fourth-order valence-electron chi connectivity index (χ4n) is 4.15. The van der Waals surface area contributed by atoms with Crippen molar-refractivity contribution in [3.05, 3.63) is 89.7 Å². The van der Waals surface area contributed by atoms with Gasteiger partial charge in [0.05, 0.1) is 16.6 Å². The van der Waals surface area contributed by atoms with Crippen molar-refractivity contribution in [1.29, 1.82) is 0 Å². The van der Waals surface area contributed by atoms with Crippen LogP contribution in [0.5, 0.6) is 5.75 Å². The second kappa shape index (κ2) is 9.10. The summed E-state index contributed by atoms with van der Waals surface area (Å²) in [6.07, 6.45) is 0.500. The number of carbonyl (C=O) groups excluding carboxylic acids is 1. The second-order valence-corrected chi connectivity index (χ2v) is 10.9. The van der Waals surface area contributed by atoms with E-state index < -0.39 is 33.9 Å². The van der Waals surface area contributed by atoms with Crippen LogP contribution in [-0.4, -0.2) is 26.5 Å². The maximum absolute atomic E-state index is 14.7. The lowest BCUT2D eigenvalue weighted by molar-refractivity contribution is -0.120. The number of carbonyl (C=O) groups is 1. The Hall–Kier alpha value is -3.39. The number of para-hydroxylation sites is 1. The summed E-state index contributed by atoms with van der Waals surface area (Å²) in [4.78, 5) is 13.2. The molecule has 3 aromatic carbocycles. The number of halogens is 1. The molecule has 1 aliphatic heterocycles. The summed E-state index contributed by atoms with van der Waals surface area (Å²) in [5, 5.41) is 2.95. The summed E-state index contributed by atoms with van der Waals surface area (Å²) < 4.78 is 48.4. The number of benzene rings is 3. The monoisotopic (exact) mass is 482 g/mol. The van der Waals surface area contributed by atoms with E-state index in [4.69, 9.17) is 4.74 Å². The molecule has 1 atom stereocenters. The zero-order valence-corrected chi connectivity index (χ0v) is 20.1. The molecular weight excluding hydrogens is 455 g/mol. The highest BCUT2D eigenvalue weighted by molar-refractivity contribution is 7.92. The number of nitrogens with zero attached hydrogens (tertiary/aromatic N) is 1. The van der Waals surface area contributed by atoms with E-state index in [1.54, 1.807) is 18.2 Å². The van der Waals surface area contributed by atoms with Gasteiger partial charge >= 0.3 is 0 Å². The number of nitrogens with one attached hydrogen (secondary N) is 1. The number of anilines is 1. The van der Waals surface area contributed by atoms with Gasteiger partial charge in [0.2, 0.25) is 5.91 Å². The Morgan fingerprint density at radius 1 is 1.09 bits per heavy atom. The first-order valence-corrected chi connectivity index (χ1v) is 12.4.